The number of carbonyl (C=O) groups is 2. The predicted molar refractivity (Wildman–Crippen MR) is 70.9 cm³/mol. The lowest BCUT2D eigenvalue weighted by Crippen LogP contribution is -2.44. The molecule has 4 nitrogen and oxygen atoms in total. The second-order valence-electron chi connectivity index (χ2n) is 7.06. The molecular formula is C15H24O4. The normalized spacial score (nSPS) is 34.3. The Balaban J connectivity index is 1.92. The second kappa shape index (κ2) is 4.98. The van der Waals surface area contributed by atoms with Crippen molar-refractivity contribution in [3.05, 3.63) is 0 Å². The molecule has 0 amide bonds. The van der Waals surface area contributed by atoms with Gasteiger partial charge in [0, 0.05) is 24.7 Å². The average molecular weight is 268 g/mol. The molecule has 2 fully saturated rings. The highest BCUT2D eigenvalue weighted by Crippen LogP contribution is 2.32. The van der Waals surface area contributed by atoms with E-state index in [2.05, 4.69) is 0 Å². The fourth-order valence-corrected chi connectivity index (χ4v) is 2.81. The van der Waals surface area contributed by atoms with Gasteiger partial charge in [-0.05, 0) is 34.1 Å². The molecule has 0 N–H and O–H groups in total. The van der Waals surface area contributed by atoms with E-state index in [4.69, 9.17) is 9.47 Å². The Kier molecular flexibility index (Phi) is 3.85. The molecule has 108 valence electrons. The summed E-state index contributed by atoms with van der Waals surface area (Å²) in [4.78, 5) is 24.2. The molecule has 0 aromatic carbocycles. The summed E-state index contributed by atoms with van der Waals surface area (Å²) in [6.07, 6.45) is 1.44. The van der Waals surface area contributed by atoms with Gasteiger partial charge in [-0.25, -0.2) is 0 Å². The van der Waals surface area contributed by atoms with Gasteiger partial charge in [-0.1, -0.05) is 0 Å². The van der Waals surface area contributed by atoms with Gasteiger partial charge in [-0.15, -0.1) is 0 Å². The van der Waals surface area contributed by atoms with Gasteiger partial charge in [-0.2, -0.15) is 0 Å². The van der Waals surface area contributed by atoms with Crippen LogP contribution in [0.4, 0.5) is 0 Å². The zero-order valence-corrected chi connectivity index (χ0v) is 12.3. The number of hydrogen-bond acceptors (Lipinski definition) is 4. The molecule has 2 rings (SSSR count). The number of ether oxygens (including phenoxy) is 2. The smallest absolute Gasteiger partial charge is 0.141 e. The van der Waals surface area contributed by atoms with Gasteiger partial charge in [0.2, 0.25) is 0 Å². The lowest BCUT2D eigenvalue weighted by Gasteiger charge is -2.37. The van der Waals surface area contributed by atoms with Crippen molar-refractivity contribution in [2.45, 2.75) is 58.2 Å². The molecule has 0 aromatic heterocycles. The van der Waals surface area contributed by atoms with Crippen LogP contribution in [0.3, 0.4) is 0 Å². The Labute approximate surface area is 114 Å². The van der Waals surface area contributed by atoms with Gasteiger partial charge in [0.15, 0.2) is 0 Å². The van der Waals surface area contributed by atoms with Crippen LogP contribution in [-0.4, -0.2) is 36.0 Å². The van der Waals surface area contributed by atoms with E-state index in [1.54, 1.807) is 0 Å². The summed E-state index contributed by atoms with van der Waals surface area (Å²) in [6, 6.07) is 0. The van der Waals surface area contributed by atoms with E-state index in [-0.39, 0.29) is 34.6 Å². The summed E-state index contributed by atoms with van der Waals surface area (Å²) in [7, 11) is 0. The van der Waals surface area contributed by atoms with Crippen LogP contribution in [0.1, 0.15) is 47.0 Å². The minimum Gasteiger partial charge on any atom is -0.374 e. The van der Waals surface area contributed by atoms with Crippen molar-refractivity contribution < 1.29 is 19.1 Å². The number of rotatable bonds is 2. The molecule has 0 aliphatic carbocycles. The standard InChI is InChI=1S/C15H24O4/c1-14(2)6-12(16)10(8-18-14)5-11-9-19-15(3,4)7-13(11)17/h10-11H,5-9H2,1-4H3. The van der Waals surface area contributed by atoms with Gasteiger partial charge < -0.3 is 9.47 Å². The first-order valence-electron chi connectivity index (χ1n) is 7.02. The molecule has 19 heavy (non-hydrogen) atoms. The summed E-state index contributed by atoms with van der Waals surface area (Å²) in [5.74, 6) is 0.140. The van der Waals surface area contributed by atoms with E-state index in [1.165, 1.54) is 0 Å². The van der Waals surface area contributed by atoms with Crippen LogP contribution in [-0.2, 0) is 19.1 Å². The molecule has 0 spiro atoms. The lowest BCUT2D eigenvalue weighted by atomic mass is 9.80. The van der Waals surface area contributed by atoms with E-state index in [0.717, 1.165) is 0 Å². The Morgan fingerprint density at radius 1 is 0.895 bits per heavy atom. The van der Waals surface area contributed by atoms with Crippen molar-refractivity contribution in [1.82, 2.24) is 0 Å². The van der Waals surface area contributed by atoms with Crippen molar-refractivity contribution in [1.29, 1.82) is 0 Å². The molecule has 2 heterocycles. The molecule has 2 atom stereocenters. The van der Waals surface area contributed by atoms with E-state index in [9.17, 15) is 9.59 Å². The molecule has 0 aromatic rings. The minimum atomic E-state index is -0.358. The highest BCUT2D eigenvalue weighted by atomic mass is 16.5. The summed E-state index contributed by atoms with van der Waals surface area (Å²) in [6.45, 7) is 8.58. The molecule has 2 saturated heterocycles. The molecule has 2 aliphatic rings. The highest BCUT2D eigenvalue weighted by Gasteiger charge is 2.39. The SMILES string of the molecule is CC1(C)CC(=O)C(CC2COC(C)(C)CC2=O)CO1. The van der Waals surface area contributed by atoms with E-state index >= 15 is 0 Å². The van der Waals surface area contributed by atoms with Crippen LogP contribution in [0.25, 0.3) is 0 Å². The van der Waals surface area contributed by atoms with Gasteiger partial charge in [0.25, 0.3) is 0 Å². The first kappa shape index (κ1) is 14.7. The summed E-state index contributed by atoms with van der Waals surface area (Å²) < 4.78 is 11.4. The van der Waals surface area contributed by atoms with Crippen molar-refractivity contribution in [3.63, 3.8) is 0 Å². The average Bonchev–Trinajstić information content (AvgIpc) is 2.23. The molecular weight excluding hydrogens is 244 g/mol. The van der Waals surface area contributed by atoms with Crippen molar-refractivity contribution in [2.24, 2.45) is 11.8 Å². The van der Waals surface area contributed by atoms with Crippen molar-refractivity contribution in [3.8, 4) is 0 Å². The number of hydrogen-bond donors (Lipinski definition) is 0. The Bertz CT molecular complexity index is 348. The van der Waals surface area contributed by atoms with Gasteiger partial charge in [-0.3, -0.25) is 9.59 Å². The molecule has 0 bridgehead atoms. The van der Waals surface area contributed by atoms with Gasteiger partial charge >= 0.3 is 0 Å². The third kappa shape index (κ3) is 3.63. The van der Waals surface area contributed by atoms with Crippen molar-refractivity contribution in [2.75, 3.05) is 13.2 Å². The Morgan fingerprint density at radius 3 is 1.58 bits per heavy atom. The van der Waals surface area contributed by atoms with Gasteiger partial charge in [0.1, 0.15) is 11.6 Å². The van der Waals surface area contributed by atoms with Crippen LogP contribution < -0.4 is 0 Å². The zero-order chi connectivity index (χ0) is 14.3. The number of ketones is 2. The first-order valence-corrected chi connectivity index (χ1v) is 7.02. The third-order valence-corrected chi connectivity index (χ3v) is 4.03. The van der Waals surface area contributed by atoms with E-state index in [1.807, 2.05) is 27.7 Å². The molecule has 0 saturated carbocycles. The van der Waals surface area contributed by atoms with Crippen LogP contribution in [0.15, 0.2) is 0 Å². The fraction of sp³-hybridized carbons (Fsp3) is 0.867. The van der Waals surface area contributed by atoms with Gasteiger partial charge in [0.05, 0.1) is 24.4 Å². The largest absolute Gasteiger partial charge is 0.374 e. The van der Waals surface area contributed by atoms with E-state index in [0.29, 0.717) is 32.5 Å². The summed E-state index contributed by atoms with van der Waals surface area (Å²) in [5.41, 5.74) is -0.717. The summed E-state index contributed by atoms with van der Waals surface area (Å²) in [5, 5.41) is 0. The molecule has 2 unspecified atom stereocenters. The predicted octanol–water partition coefficient (Wildman–Crippen LogP) is 2.14. The summed E-state index contributed by atoms with van der Waals surface area (Å²) >= 11 is 0. The Morgan fingerprint density at radius 2 is 1.26 bits per heavy atom. The topological polar surface area (TPSA) is 52.6 Å². The van der Waals surface area contributed by atoms with Crippen LogP contribution in [0.5, 0.6) is 0 Å². The molecule has 2 aliphatic heterocycles. The first-order chi connectivity index (χ1) is 8.69. The lowest BCUT2D eigenvalue weighted by molar-refractivity contribution is -0.153. The number of Topliss-reactive ketones (excluding diaryl/α,β-unsaturated/α-hetero) is 2. The Hall–Kier alpha value is -0.740. The maximum absolute atomic E-state index is 12.1. The second-order valence-corrected chi connectivity index (χ2v) is 7.06. The molecule has 0 radical (unpaired) electrons. The number of carbonyl (C=O) groups excluding carboxylic acids is 2. The van der Waals surface area contributed by atoms with Crippen molar-refractivity contribution >= 4 is 11.6 Å². The maximum Gasteiger partial charge on any atom is 0.141 e. The highest BCUT2D eigenvalue weighted by molar-refractivity contribution is 5.86. The monoisotopic (exact) mass is 268 g/mol. The van der Waals surface area contributed by atoms with Crippen LogP contribution in [0, 0.1) is 11.8 Å². The fourth-order valence-electron chi connectivity index (χ4n) is 2.81. The maximum atomic E-state index is 12.1. The quantitative estimate of drug-likeness (QED) is 0.770. The molecule has 4 heteroatoms. The minimum absolute atomic E-state index is 0.146. The van der Waals surface area contributed by atoms with Crippen LogP contribution >= 0.6 is 0 Å². The van der Waals surface area contributed by atoms with E-state index < -0.39 is 0 Å². The zero-order valence-electron chi connectivity index (χ0n) is 12.3. The third-order valence-electron chi connectivity index (χ3n) is 4.03. The van der Waals surface area contributed by atoms with Crippen LogP contribution in [0.2, 0.25) is 0 Å².